The highest BCUT2D eigenvalue weighted by Gasteiger charge is 2.58. The van der Waals surface area contributed by atoms with E-state index in [-0.39, 0.29) is 0 Å². The molecule has 1 spiro atoms. The number of nitrogens with zero attached hydrogens (tertiary/aromatic N) is 1. The number of rotatable bonds is 2. The molecule has 1 aliphatic carbocycles. The van der Waals surface area contributed by atoms with E-state index in [9.17, 15) is 4.79 Å². The van der Waals surface area contributed by atoms with E-state index in [1.165, 1.54) is 12.8 Å². The maximum atomic E-state index is 11.9. The van der Waals surface area contributed by atoms with Crippen LogP contribution in [0.15, 0.2) is 0 Å². The molecule has 0 aromatic rings. The molecule has 2 fully saturated rings. The summed E-state index contributed by atoms with van der Waals surface area (Å²) >= 11 is 0. The second-order valence-electron chi connectivity index (χ2n) is 4.72. The van der Waals surface area contributed by atoms with Gasteiger partial charge >= 0.3 is 0 Å². The van der Waals surface area contributed by atoms with Gasteiger partial charge in [0.25, 0.3) is 0 Å². The van der Waals surface area contributed by atoms with Gasteiger partial charge in [0, 0.05) is 19.5 Å². The molecule has 1 unspecified atom stereocenters. The first kappa shape index (κ1) is 9.97. The van der Waals surface area contributed by atoms with Gasteiger partial charge in [-0.05, 0) is 44.7 Å². The largest absolute Gasteiger partial charge is 0.346 e. The van der Waals surface area contributed by atoms with Gasteiger partial charge in [0.15, 0.2) is 0 Å². The fourth-order valence-electron chi connectivity index (χ4n) is 2.60. The van der Waals surface area contributed by atoms with Crippen LogP contribution >= 0.6 is 0 Å². The van der Waals surface area contributed by atoms with E-state index >= 15 is 0 Å². The highest BCUT2D eigenvalue weighted by atomic mass is 16.2. The predicted octanol–water partition coefficient (Wildman–Crippen LogP) is 0.854. The Balaban J connectivity index is 1.93. The Bertz CT molecular complexity index is 233. The quantitative estimate of drug-likeness (QED) is 0.710. The lowest BCUT2D eigenvalue weighted by atomic mass is 9.91. The van der Waals surface area contributed by atoms with E-state index < -0.39 is 0 Å². The number of hydrogen-bond donors (Lipinski definition) is 1. The van der Waals surface area contributed by atoms with Crippen molar-refractivity contribution in [3.63, 3.8) is 0 Å². The minimum Gasteiger partial charge on any atom is -0.346 e. The van der Waals surface area contributed by atoms with E-state index in [1.807, 2.05) is 18.9 Å². The molecule has 1 heterocycles. The Hall–Kier alpha value is -0.570. The van der Waals surface area contributed by atoms with Crippen LogP contribution in [-0.2, 0) is 4.79 Å². The summed E-state index contributed by atoms with van der Waals surface area (Å²) in [5, 5.41) is 3.36. The molecule has 0 aromatic carbocycles. The normalized spacial score (nSPS) is 28.9. The number of carbonyl (C=O) groups excluding carboxylic acids is 1. The molecule has 1 saturated heterocycles. The summed E-state index contributed by atoms with van der Waals surface area (Å²) in [5.74, 6) is 0.712. The van der Waals surface area contributed by atoms with E-state index in [0.29, 0.717) is 17.2 Å². The van der Waals surface area contributed by atoms with Gasteiger partial charge in [-0.1, -0.05) is 0 Å². The monoisotopic (exact) mass is 196 g/mol. The van der Waals surface area contributed by atoms with E-state index in [4.69, 9.17) is 0 Å². The Kier molecular flexibility index (Phi) is 2.52. The summed E-state index contributed by atoms with van der Waals surface area (Å²) in [5.41, 5.74) is 0.395. The number of nitrogens with one attached hydrogen (secondary N) is 1. The lowest BCUT2D eigenvalue weighted by molar-refractivity contribution is -0.132. The average Bonchev–Trinajstić information content (AvgIpc) is 2.91. The third-order valence-corrected chi connectivity index (χ3v) is 3.94. The molecule has 0 aromatic heterocycles. The summed E-state index contributed by atoms with van der Waals surface area (Å²) in [6, 6.07) is 0. The fraction of sp³-hybridized carbons (Fsp3) is 0.909. The molecular weight excluding hydrogens is 176 g/mol. The van der Waals surface area contributed by atoms with Crippen molar-refractivity contribution >= 4 is 5.91 Å². The second kappa shape index (κ2) is 3.54. The molecule has 2 rings (SSSR count). The van der Waals surface area contributed by atoms with Crippen molar-refractivity contribution < 1.29 is 4.79 Å². The average molecular weight is 196 g/mol. The molecular formula is C11H20N2O. The van der Waals surface area contributed by atoms with Gasteiger partial charge < -0.3 is 10.2 Å². The number of amides is 1. The van der Waals surface area contributed by atoms with Crippen molar-refractivity contribution in [2.24, 2.45) is 11.3 Å². The molecule has 1 amide bonds. The van der Waals surface area contributed by atoms with Crippen molar-refractivity contribution in [3.8, 4) is 0 Å². The molecule has 0 bridgehead atoms. The molecule has 1 saturated carbocycles. The van der Waals surface area contributed by atoms with Gasteiger partial charge in [-0.15, -0.1) is 0 Å². The summed E-state index contributed by atoms with van der Waals surface area (Å²) in [4.78, 5) is 13.8. The van der Waals surface area contributed by atoms with Crippen LogP contribution in [0.4, 0.5) is 0 Å². The van der Waals surface area contributed by atoms with Gasteiger partial charge in [0.2, 0.25) is 5.91 Å². The highest BCUT2D eigenvalue weighted by Crippen LogP contribution is 2.59. The summed E-state index contributed by atoms with van der Waals surface area (Å²) in [6.07, 6.45) is 3.53. The summed E-state index contributed by atoms with van der Waals surface area (Å²) in [6.45, 7) is 5.07. The van der Waals surface area contributed by atoms with Gasteiger partial charge in [-0.25, -0.2) is 0 Å². The second-order valence-corrected chi connectivity index (χ2v) is 4.72. The third-order valence-electron chi connectivity index (χ3n) is 3.94. The Morgan fingerprint density at radius 2 is 2.14 bits per heavy atom. The lowest BCUT2D eigenvalue weighted by Crippen LogP contribution is -2.34. The summed E-state index contributed by atoms with van der Waals surface area (Å²) in [7, 11) is 1.91. The van der Waals surface area contributed by atoms with E-state index in [0.717, 1.165) is 26.1 Å². The maximum absolute atomic E-state index is 11.9. The molecule has 3 heteroatoms. The Labute approximate surface area is 85.8 Å². The van der Waals surface area contributed by atoms with Crippen LogP contribution in [0.25, 0.3) is 0 Å². The molecule has 80 valence electrons. The molecule has 2 aliphatic rings. The van der Waals surface area contributed by atoms with Crippen LogP contribution in [-0.4, -0.2) is 37.5 Å². The van der Waals surface area contributed by atoms with Crippen LogP contribution in [0, 0.1) is 11.3 Å². The number of carbonyl (C=O) groups is 1. The van der Waals surface area contributed by atoms with Crippen LogP contribution in [0.3, 0.4) is 0 Å². The van der Waals surface area contributed by atoms with Crippen molar-refractivity contribution in [2.75, 3.05) is 26.7 Å². The maximum Gasteiger partial charge on any atom is 0.225 e. The lowest BCUT2D eigenvalue weighted by Gasteiger charge is -2.24. The van der Waals surface area contributed by atoms with Crippen LogP contribution in [0.5, 0.6) is 0 Å². The van der Waals surface area contributed by atoms with Crippen LogP contribution in [0.2, 0.25) is 0 Å². The first-order chi connectivity index (χ1) is 6.69. The molecule has 1 atom stereocenters. The number of piperidine rings is 1. The highest BCUT2D eigenvalue weighted by molar-refractivity contribution is 5.82. The zero-order valence-corrected chi connectivity index (χ0v) is 9.18. The molecule has 3 nitrogen and oxygen atoms in total. The van der Waals surface area contributed by atoms with Crippen LogP contribution < -0.4 is 5.32 Å². The Morgan fingerprint density at radius 1 is 1.50 bits per heavy atom. The van der Waals surface area contributed by atoms with Gasteiger partial charge in [-0.3, -0.25) is 4.79 Å². The topological polar surface area (TPSA) is 32.3 Å². The van der Waals surface area contributed by atoms with Crippen molar-refractivity contribution in [1.82, 2.24) is 10.2 Å². The minimum atomic E-state index is 0.342. The third kappa shape index (κ3) is 1.54. The van der Waals surface area contributed by atoms with Crippen molar-refractivity contribution in [3.05, 3.63) is 0 Å². The molecule has 1 N–H and O–H groups in total. The van der Waals surface area contributed by atoms with Gasteiger partial charge in [-0.2, -0.15) is 0 Å². The van der Waals surface area contributed by atoms with E-state index in [1.54, 1.807) is 0 Å². The smallest absolute Gasteiger partial charge is 0.225 e. The fourth-order valence-corrected chi connectivity index (χ4v) is 2.60. The van der Waals surface area contributed by atoms with Gasteiger partial charge in [0.05, 0.1) is 0 Å². The SMILES string of the molecule is CCN(C)C(=O)C1CC12CCNCC2. The zero-order valence-electron chi connectivity index (χ0n) is 9.18. The minimum absolute atomic E-state index is 0.342. The van der Waals surface area contributed by atoms with Crippen molar-refractivity contribution in [1.29, 1.82) is 0 Å². The molecule has 1 aliphatic heterocycles. The molecule has 0 radical (unpaired) electrons. The van der Waals surface area contributed by atoms with E-state index in [2.05, 4.69) is 5.32 Å². The van der Waals surface area contributed by atoms with Crippen LogP contribution in [0.1, 0.15) is 26.2 Å². The standard InChI is InChI=1S/C11H20N2O/c1-3-13(2)10(14)9-8-11(9)4-6-12-7-5-11/h9,12H,3-8H2,1-2H3. The first-order valence-corrected chi connectivity index (χ1v) is 5.65. The van der Waals surface area contributed by atoms with Gasteiger partial charge in [0.1, 0.15) is 0 Å². The summed E-state index contributed by atoms with van der Waals surface area (Å²) < 4.78 is 0. The zero-order chi connectivity index (χ0) is 10.2. The molecule has 14 heavy (non-hydrogen) atoms. The number of hydrogen-bond acceptors (Lipinski definition) is 2. The predicted molar refractivity (Wildman–Crippen MR) is 56.0 cm³/mol. The first-order valence-electron chi connectivity index (χ1n) is 5.65. The Morgan fingerprint density at radius 3 is 2.71 bits per heavy atom. The van der Waals surface area contributed by atoms with Crippen molar-refractivity contribution in [2.45, 2.75) is 26.2 Å².